The van der Waals surface area contributed by atoms with Crippen molar-refractivity contribution in [3.63, 3.8) is 0 Å². The lowest BCUT2D eigenvalue weighted by Gasteiger charge is -2.10. The van der Waals surface area contributed by atoms with Gasteiger partial charge in [-0.15, -0.1) is 11.6 Å². The number of esters is 1. The van der Waals surface area contributed by atoms with Crippen molar-refractivity contribution >= 4 is 17.6 Å². The van der Waals surface area contributed by atoms with Crippen molar-refractivity contribution in [3.8, 4) is 0 Å². The number of ether oxygens (including phenoxy) is 1. The first kappa shape index (κ1) is 12.8. The van der Waals surface area contributed by atoms with Crippen LogP contribution >= 0.6 is 11.6 Å². The zero-order valence-electron chi connectivity index (χ0n) is 8.22. The Hall–Kier alpha value is -1.23. The molecule has 1 rings (SSSR count). The molecule has 0 aliphatic rings. The van der Waals surface area contributed by atoms with E-state index in [2.05, 4.69) is 4.74 Å². The fourth-order valence-electron chi connectivity index (χ4n) is 1.08. The molecule has 1 aromatic rings. The van der Waals surface area contributed by atoms with Crippen LogP contribution < -0.4 is 0 Å². The molecule has 0 saturated heterocycles. The molecule has 0 N–H and O–H groups in total. The van der Waals surface area contributed by atoms with Gasteiger partial charge in [0.15, 0.2) is 5.38 Å². The molecular formula is C10H8ClF3O2. The number of rotatable bonds is 2. The average molecular weight is 253 g/mol. The van der Waals surface area contributed by atoms with Crippen LogP contribution in [0.3, 0.4) is 0 Å². The number of hydrogen-bond acceptors (Lipinski definition) is 2. The number of halogens is 4. The van der Waals surface area contributed by atoms with Crippen molar-refractivity contribution in [1.82, 2.24) is 0 Å². The molecule has 16 heavy (non-hydrogen) atoms. The second-order valence-corrected chi connectivity index (χ2v) is 3.44. The minimum absolute atomic E-state index is 0.265. The van der Waals surface area contributed by atoms with E-state index >= 15 is 0 Å². The quantitative estimate of drug-likeness (QED) is 0.597. The number of carbonyl (C=O) groups excluding carboxylic acids is 1. The van der Waals surface area contributed by atoms with Crippen LogP contribution in [0.15, 0.2) is 24.3 Å². The molecule has 0 radical (unpaired) electrons. The second-order valence-electron chi connectivity index (χ2n) is 3.01. The molecule has 6 heteroatoms. The Bertz CT molecular complexity index is 373. The number of alkyl halides is 4. The minimum Gasteiger partial charge on any atom is -0.468 e. The van der Waals surface area contributed by atoms with E-state index in [9.17, 15) is 18.0 Å². The van der Waals surface area contributed by atoms with Crippen LogP contribution in [0.5, 0.6) is 0 Å². The molecule has 0 saturated carbocycles. The zero-order valence-corrected chi connectivity index (χ0v) is 8.97. The number of carbonyl (C=O) groups is 1. The first-order valence-electron chi connectivity index (χ1n) is 4.25. The minimum atomic E-state index is -4.40. The fraction of sp³-hybridized carbons (Fsp3) is 0.300. The lowest BCUT2D eigenvalue weighted by atomic mass is 10.1. The van der Waals surface area contributed by atoms with E-state index in [4.69, 9.17) is 11.6 Å². The third-order valence-corrected chi connectivity index (χ3v) is 2.37. The third kappa shape index (κ3) is 2.88. The molecule has 0 heterocycles. The smallest absolute Gasteiger partial charge is 0.416 e. The molecule has 0 bridgehead atoms. The highest BCUT2D eigenvalue weighted by molar-refractivity contribution is 6.29. The SMILES string of the molecule is COC(=O)[C@@H](Cl)c1ccc(C(F)(F)F)cc1. The summed E-state index contributed by atoms with van der Waals surface area (Å²) in [6.45, 7) is 0. The Morgan fingerprint density at radius 1 is 1.31 bits per heavy atom. The van der Waals surface area contributed by atoms with Crippen molar-refractivity contribution in [2.75, 3.05) is 7.11 Å². The molecule has 88 valence electrons. The Kier molecular flexibility index (Phi) is 3.80. The maximum absolute atomic E-state index is 12.2. The molecule has 2 nitrogen and oxygen atoms in total. The van der Waals surface area contributed by atoms with Gasteiger partial charge in [0.1, 0.15) is 0 Å². The molecule has 1 aromatic carbocycles. The molecular weight excluding hydrogens is 245 g/mol. The van der Waals surface area contributed by atoms with Gasteiger partial charge in [-0.25, -0.2) is 0 Å². The van der Waals surface area contributed by atoms with Gasteiger partial charge in [0, 0.05) is 0 Å². The van der Waals surface area contributed by atoms with Crippen molar-refractivity contribution in [1.29, 1.82) is 0 Å². The normalized spacial score (nSPS) is 13.3. The van der Waals surface area contributed by atoms with Crippen LogP contribution in [0.25, 0.3) is 0 Å². The van der Waals surface area contributed by atoms with Gasteiger partial charge in [0.2, 0.25) is 0 Å². The average Bonchev–Trinajstić information content (AvgIpc) is 2.26. The summed E-state index contributed by atoms with van der Waals surface area (Å²) in [6.07, 6.45) is -4.40. The monoisotopic (exact) mass is 252 g/mol. The Morgan fingerprint density at radius 2 is 1.81 bits per heavy atom. The van der Waals surface area contributed by atoms with Crippen molar-refractivity contribution in [2.24, 2.45) is 0 Å². The van der Waals surface area contributed by atoms with E-state index in [0.717, 1.165) is 31.4 Å². The van der Waals surface area contributed by atoms with Crippen molar-refractivity contribution < 1.29 is 22.7 Å². The maximum Gasteiger partial charge on any atom is 0.416 e. The second kappa shape index (κ2) is 4.74. The lowest BCUT2D eigenvalue weighted by Crippen LogP contribution is -2.09. The van der Waals surface area contributed by atoms with Crippen LogP contribution in [-0.4, -0.2) is 13.1 Å². The zero-order chi connectivity index (χ0) is 12.3. The van der Waals surface area contributed by atoms with Crippen molar-refractivity contribution in [2.45, 2.75) is 11.6 Å². The molecule has 0 amide bonds. The summed E-state index contributed by atoms with van der Waals surface area (Å²) in [7, 11) is 1.15. The maximum atomic E-state index is 12.2. The highest BCUT2D eigenvalue weighted by Gasteiger charge is 2.30. The van der Waals surface area contributed by atoms with Gasteiger partial charge in [-0.05, 0) is 17.7 Å². The molecule has 0 unspecified atom stereocenters. The molecule has 0 fully saturated rings. The van der Waals surface area contributed by atoms with Crippen LogP contribution in [0.1, 0.15) is 16.5 Å². The standard InChI is InChI=1S/C10H8ClF3O2/c1-16-9(15)8(11)6-2-4-7(5-3-6)10(12,13)14/h2-5,8H,1H3/t8-/m0/s1. The first-order chi connectivity index (χ1) is 7.36. The Morgan fingerprint density at radius 3 is 2.19 bits per heavy atom. The van der Waals surface area contributed by atoms with Gasteiger partial charge >= 0.3 is 12.1 Å². The van der Waals surface area contributed by atoms with Gasteiger partial charge in [-0.1, -0.05) is 12.1 Å². The van der Waals surface area contributed by atoms with E-state index < -0.39 is 23.1 Å². The molecule has 0 aromatic heterocycles. The van der Waals surface area contributed by atoms with Gasteiger partial charge < -0.3 is 4.74 Å². The summed E-state index contributed by atoms with van der Waals surface area (Å²) in [6, 6.07) is 4.04. The number of hydrogen-bond donors (Lipinski definition) is 0. The summed E-state index contributed by atoms with van der Waals surface area (Å²) in [5, 5.41) is -1.09. The summed E-state index contributed by atoms with van der Waals surface area (Å²) in [4.78, 5) is 11.0. The first-order valence-corrected chi connectivity index (χ1v) is 4.69. The highest BCUT2D eigenvalue weighted by atomic mass is 35.5. The van der Waals surface area contributed by atoms with Gasteiger partial charge in [-0.3, -0.25) is 4.79 Å². The van der Waals surface area contributed by atoms with Crippen LogP contribution in [0, 0.1) is 0 Å². The van der Waals surface area contributed by atoms with Crippen LogP contribution in [0.2, 0.25) is 0 Å². The third-order valence-electron chi connectivity index (χ3n) is 1.94. The Balaban J connectivity index is 2.91. The van der Waals surface area contributed by atoms with E-state index in [0.29, 0.717) is 0 Å². The molecule has 0 aliphatic carbocycles. The van der Waals surface area contributed by atoms with E-state index in [1.54, 1.807) is 0 Å². The topological polar surface area (TPSA) is 26.3 Å². The summed E-state index contributed by atoms with van der Waals surface area (Å²) >= 11 is 5.67. The van der Waals surface area contributed by atoms with E-state index in [-0.39, 0.29) is 5.56 Å². The van der Waals surface area contributed by atoms with Crippen LogP contribution in [-0.2, 0) is 15.7 Å². The van der Waals surface area contributed by atoms with Crippen LogP contribution in [0.4, 0.5) is 13.2 Å². The number of methoxy groups -OCH3 is 1. The molecule has 0 aliphatic heterocycles. The van der Waals surface area contributed by atoms with Gasteiger partial charge in [0.05, 0.1) is 12.7 Å². The van der Waals surface area contributed by atoms with E-state index in [1.807, 2.05) is 0 Å². The van der Waals surface area contributed by atoms with Gasteiger partial charge in [-0.2, -0.15) is 13.2 Å². The van der Waals surface area contributed by atoms with E-state index in [1.165, 1.54) is 0 Å². The fourth-order valence-corrected chi connectivity index (χ4v) is 1.32. The van der Waals surface area contributed by atoms with Gasteiger partial charge in [0.25, 0.3) is 0 Å². The summed E-state index contributed by atoms with van der Waals surface area (Å²) in [5.74, 6) is -0.707. The highest BCUT2D eigenvalue weighted by Crippen LogP contribution is 2.31. The lowest BCUT2D eigenvalue weighted by molar-refractivity contribution is -0.140. The summed E-state index contributed by atoms with van der Waals surface area (Å²) < 4.78 is 41.0. The largest absolute Gasteiger partial charge is 0.468 e. The Labute approximate surface area is 95.0 Å². The number of benzene rings is 1. The van der Waals surface area contributed by atoms with Crippen molar-refractivity contribution in [3.05, 3.63) is 35.4 Å². The predicted molar refractivity (Wildman–Crippen MR) is 52.1 cm³/mol. The predicted octanol–water partition coefficient (Wildman–Crippen LogP) is 3.16. The summed E-state index contributed by atoms with van der Waals surface area (Å²) in [5.41, 5.74) is -0.522. The molecule has 1 atom stereocenters. The molecule has 0 spiro atoms.